The van der Waals surface area contributed by atoms with Crippen LogP contribution in [-0.4, -0.2) is 15.8 Å². The first-order chi connectivity index (χ1) is 12.8. The highest BCUT2D eigenvalue weighted by atomic mass is 16.1. The number of hydrogen-bond donors (Lipinski definition) is 0. The smallest absolute Gasteiger partial charge is 0.195 e. The first-order valence-electron chi connectivity index (χ1n) is 8.39. The van der Waals surface area contributed by atoms with E-state index in [1.54, 1.807) is 12.4 Å². The molecule has 3 nitrogen and oxygen atoms in total. The molecular formula is C23H16N2O. The van der Waals surface area contributed by atoms with Gasteiger partial charge in [-0.3, -0.25) is 9.78 Å². The molecule has 4 aromatic rings. The quantitative estimate of drug-likeness (QED) is 0.387. The minimum absolute atomic E-state index is 0.0507. The zero-order valence-corrected chi connectivity index (χ0v) is 14.0. The van der Waals surface area contributed by atoms with Crippen LogP contribution in [0.3, 0.4) is 0 Å². The van der Waals surface area contributed by atoms with Gasteiger partial charge in [0, 0.05) is 28.9 Å². The molecule has 0 aliphatic rings. The van der Waals surface area contributed by atoms with Gasteiger partial charge in [0.1, 0.15) is 0 Å². The molecule has 26 heavy (non-hydrogen) atoms. The SMILES string of the molecule is O=C(/C(=C/c1ccncc1)c1ccc2ccccc2n1)c1ccccc1. The van der Waals surface area contributed by atoms with E-state index in [4.69, 9.17) is 4.98 Å². The molecule has 2 aromatic carbocycles. The molecule has 0 spiro atoms. The Morgan fingerprint density at radius 3 is 2.31 bits per heavy atom. The molecule has 4 rings (SSSR count). The summed E-state index contributed by atoms with van der Waals surface area (Å²) in [6, 6.07) is 24.8. The molecule has 0 amide bonds. The number of rotatable bonds is 4. The Morgan fingerprint density at radius 1 is 0.769 bits per heavy atom. The molecule has 2 heterocycles. The van der Waals surface area contributed by atoms with Gasteiger partial charge in [-0.15, -0.1) is 0 Å². The topological polar surface area (TPSA) is 42.9 Å². The molecule has 0 atom stereocenters. The van der Waals surface area contributed by atoms with Crippen LogP contribution in [0.2, 0.25) is 0 Å². The molecule has 124 valence electrons. The van der Waals surface area contributed by atoms with Gasteiger partial charge >= 0.3 is 0 Å². The Kier molecular flexibility index (Phi) is 4.35. The molecule has 0 unspecified atom stereocenters. The highest BCUT2D eigenvalue weighted by Gasteiger charge is 2.16. The van der Waals surface area contributed by atoms with E-state index in [0.717, 1.165) is 16.5 Å². The lowest BCUT2D eigenvalue weighted by molar-refractivity contribution is 0.105. The monoisotopic (exact) mass is 336 g/mol. The van der Waals surface area contributed by atoms with E-state index in [1.807, 2.05) is 84.9 Å². The summed E-state index contributed by atoms with van der Waals surface area (Å²) in [5, 5.41) is 1.05. The number of para-hydroxylation sites is 1. The third kappa shape index (κ3) is 3.28. The number of aromatic nitrogens is 2. The van der Waals surface area contributed by atoms with Crippen LogP contribution in [0.5, 0.6) is 0 Å². The van der Waals surface area contributed by atoms with E-state index >= 15 is 0 Å². The first-order valence-corrected chi connectivity index (χ1v) is 8.39. The van der Waals surface area contributed by atoms with Crippen LogP contribution in [0.15, 0.2) is 91.3 Å². The number of ketones is 1. The second-order valence-electron chi connectivity index (χ2n) is 5.92. The Hall–Kier alpha value is -3.59. The molecule has 0 saturated heterocycles. The summed E-state index contributed by atoms with van der Waals surface area (Å²) < 4.78 is 0. The van der Waals surface area contributed by atoms with Crippen LogP contribution in [0, 0.1) is 0 Å². The van der Waals surface area contributed by atoms with Crippen LogP contribution in [0.25, 0.3) is 22.6 Å². The first kappa shape index (κ1) is 15.9. The fraction of sp³-hybridized carbons (Fsp3) is 0. The predicted octanol–water partition coefficient (Wildman–Crippen LogP) is 5.05. The molecule has 0 aliphatic carbocycles. The minimum atomic E-state index is -0.0507. The van der Waals surface area contributed by atoms with Gasteiger partial charge in [-0.25, -0.2) is 4.98 Å². The fourth-order valence-corrected chi connectivity index (χ4v) is 2.84. The number of pyridine rings is 2. The van der Waals surface area contributed by atoms with E-state index in [0.29, 0.717) is 16.8 Å². The average Bonchev–Trinajstić information content (AvgIpc) is 2.72. The Balaban J connectivity index is 1.87. The summed E-state index contributed by atoms with van der Waals surface area (Å²) in [7, 11) is 0. The molecular weight excluding hydrogens is 320 g/mol. The molecule has 3 heteroatoms. The van der Waals surface area contributed by atoms with Crippen molar-refractivity contribution in [2.75, 3.05) is 0 Å². The summed E-state index contributed by atoms with van der Waals surface area (Å²) in [4.78, 5) is 21.9. The van der Waals surface area contributed by atoms with Gasteiger partial charge in [0.25, 0.3) is 0 Å². The normalized spacial score (nSPS) is 11.5. The lowest BCUT2D eigenvalue weighted by Crippen LogP contribution is -2.04. The van der Waals surface area contributed by atoms with Gasteiger partial charge in [-0.2, -0.15) is 0 Å². The molecule has 2 aromatic heterocycles. The van der Waals surface area contributed by atoms with Crippen molar-refractivity contribution in [2.45, 2.75) is 0 Å². The van der Waals surface area contributed by atoms with E-state index in [-0.39, 0.29) is 5.78 Å². The van der Waals surface area contributed by atoms with Crippen LogP contribution in [0.4, 0.5) is 0 Å². The molecule has 0 radical (unpaired) electrons. The van der Waals surface area contributed by atoms with Crippen molar-refractivity contribution in [3.63, 3.8) is 0 Å². The molecule has 0 saturated carbocycles. The Morgan fingerprint density at radius 2 is 1.50 bits per heavy atom. The van der Waals surface area contributed by atoms with Crippen molar-refractivity contribution in [2.24, 2.45) is 0 Å². The van der Waals surface area contributed by atoms with Crippen LogP contribution >= 0.6 is 0 Å². The van der Waals surface area contributed by atoms with Crippen molar-refractivity contribution >= 4 is 28.3 Å². The largest absolute Gasteiger partial charge is 0.289 e. The summed E-state index contributed by atoms with van der Waals surface area (Å²) in [6.45, 7) is 0. The number of Topliss-reactive ketones (excluding diaryl/α,β-unsaturated/α-hetero) is 1. The van der Waals surface area contributed by atoms with Gasteiger partial charge in [0.15, 0.2) is 5.78 Å². The second kappa shape index (κ2) is 7.11. The molecule has 0 fully saturated rings. The van der Waals surface area contributed by atoms with Gasteiger partial charge < -0.3 is 0 Å². The third-order valence-electron chi connectivity index (χ3n) is 4.17. The van der Waals surface area contributed by atoms with E-state index in [9.17, 15) is 4.79 Å². The molecule has 0 N–H and O–H groups in total. The Labute approximate surface area is 151 Å². The van der Waals surface area contributed by atoms with Gasteiger partial charge in [0.05, 0.1) is 11.2 Å². The summed E-state index contributed by atoms with van der Waals surface area (Å²) in [6.07, 6.45) is 5.29. The molecule has 0 aliphatic heterocycles. The highest BCUT2D eigenvalue weighted by molar-refractivity contribution is 6.32. The lowest BCUT2D eigenvalue weighted by Gasteiger charge is -2.08. The number of allylic oxidation sites excluding steroid dienone is 1. The number of hydrogen-bond acceptors (Lipinski definition) is 3. The number of carbonyl (C=O) groups excluding carboxylic acids is 1. The summed E-state index contributed by atoms with van der Waals surface area (Å²) in [5.74, 6) is -0.0507. The van der Waals surface area contributed by atoms with E-state index in [2.05, 4.69) is 4.98 Å². The summed E-state index contributed by atoms with van der Waals surface area (Å²) in [5.41, 5.74) is 3.64. The summed E-state index contributed by atoms with van der Waals surface area (Å²) >= 11 is 0. The zero-order valence-electron chi connectivity index (χ0n) is 14.0. The van der Waals surface area contributed by atoms with Gasteiger partial charge in [-0.1, -0.05) is 54.6 Å². The van der Waals surface area contributed by atoms with E-state index in [1.165, 1.54) is 0 Å². The number of benzene rings is 2. The van der Waals surface area contributed by atoms with Crippen LogP contribution in [0.1, 0.15) is 21.6 Å². The number of nitrogens with zero attached hydrogens (tertiary/aromatic N) is 2. The van der Waals surface area contributed by atoms with Crippen molar-refractivity contribution in [1.82, 2.24) is 9.97 Å². The van der Waals surface area contributed by atoms with Crippen molar-refractivity contribution in [3.8, 4) is 0 Å². The maximum absolute atomic E-state index is 13.2. The maximum Gasteiger partial charge on any atom is 0.195 e. The Bertz CT molecular complexity index is 1090. The van der Waals surface area contributed by atoms with Crippen molar-refractivity contribution < 1.29 is 4.79 Å². The predicted molar refractivity (Wildman–Crippen MR) is 105 cm³/mol. The number of fused-ring (bicyclic) bond motifs is 1. The van der Waals surface area contributed by atoms with Crippen molar-refractivity contribution in [3.05, 3.63) is 108 Å². The average molecular weight is 336 g/mol. The van der Waals surface area contributed by atoms with Crippen molar-refractivity contribution in [1.29, 1.82) is 0 Å². The van der Waals surface area contributed by atoms with Crippen LogP contribution in [-0.2, 0) is 0 Å². The lowest BCUT2D eigenvalue weighted by atomic mass is 9.97. The highest BCUT2D eigenvalue weighted by Crippen LogP contribution is 2.23. The van der Waals surface area contributed by atoms with E-state index < -0.39 is 0 Å². The molecule has 0 bridgehead atoms. The second-order valence-corrected chi connectivity index (χ2v) is 5.92. The van der Waals surface area contributed by atoms with Gasteiger partial charge in [0.2, 0.25) is 0 Å². The standard InChI is InChI=1S/C23H16N2O/c26-23(19-7-2-1-3-8-19)20(16-17-12-14-24-15-13-17)22-11-10-18-6-4-5-9-21(18)25-22/h1-16H/b20-16+. The van der Waals surface area contributed by atoms with Gasteiger partial charge in [-0.05, 0) is 35.9 Å². The minimum Gasteiger partial charge on any atom is -0.289 e. The maximum atomic E-state index is 13.2. The number of carbonyl (C=O) groups is 1. The van der Waals surface area contributed by atoms with Crippen LogP contribution < -0.4 is 0 Å². The fourth-order valence-electron chi connectivity index (χ4n) is 2.84. The third-order valence-corrected chi connectivity index (χ3v) is 4.17. The zero-order chi connectivity index (χ0) is 17.8.